The first-order chi connectivity index (χ1) is 9.28. The predicted octanol–water partition coefficient (Wildman–Crippen LogP) is 4.09. The van der Waals surface area contributed by atoms with Crippen LogP contribution >= 0.6 is 27.7 Å². The molecule has 0 aliphatic carbocycles. The molecule has 2 unspecified atom stereocenters. The van der Waals surface area contributed by atoms with Crippen molar-refractivity contribution in [3.63, 3.8) is 0 Å². The van der Waals surface area contributed by atoms with Crippen LogP contribution < -0.4 is 5.32 Å². The van der Waals surface area contributed by atoms with Crippen LogP contribution in [0.25, 0.3) is 0 Å². The van der Waals surface area contributed by atoms with Gasteiger partial charge in [0.15, 0.2) is 0 Å². The minimum atomic E-state index is 0.508. The maximum Gasteiger partial charge on any atom is 0.0576 e. The number of rotatable bonds is 7. The van der Waals surface area contributed by atoms with E-state index in [1.165, 1.54) is 30.6 Å². The molecule has 19 heavy (non-hydrogen) atoms. The van der Waals surface area contributed by atoms with Crippen molar-refractivity contribution >= 4 is 27.7 Å². The molecule has 0 radical (unpaired) electrons. The number of hydrogen-bond donors (Lipinski definition) is 1. The quantitative estimate of drug-likeness (QED) is 0.753. The molecule has 1 aromatic carbocycles. The summed E-state index contributed by atoms with van der Waals surface area (Å²) < 4.78 is 6.82. The Kier molecular flexibility index (Phi) is 6.71. The Morgan fingerprint density at radius 3 is 2.84 bits per heavy atom. The fraction of sp³-hybridized carbons (Fsp3) is 0.600. The lowest BCUT2D eigenvalue weighted by Crippen LogP contribution is -2.28. The van der Waals surface area contributed by atoms with Crippen LogP contribution in [-0.4, -0.2) is 31.6 Å². The summed E-state index contributed by atoms with van der Waals surface area (Å²) in [5, 5.41) is 3.42. The Hall–Kier alpha value is -0.0300. The lowest BCUT2D eigenvalue weighted by molar-refractivity contribution is 0.100. The van der Waals surface area contributed by atoms with E-state index in [1.807, 2.05) is 11.8 Å². The van der Waals surface area contributed by atoms with Crippen molar-refractivity contribution in [1.82, 2.24) is 5.32 Å². The SMILES string of the molecule is CNC(CCC1CCCO1)CSc1ccc(Br)cc1. The van der Waals surface area contributed by atoms with Crippen molar-refractivity contribution < 1.29 is 4.74 Å². The average molecular weight is 344 g/mol. The molecule has 0 bridgehead atoms. The van der Waals surface area contributed by atoms with Crippen LogP contribution in [0.2, 0.25) is 0 Å². The van der Waals surface area contributed by atoms with Gasteiger partial charge >= 0.3 is 0 Å². The third-order valence-electron chi connectivity index (χ3n) is 3.53. The zero-order valence-corrected chi connectivity index (χ0v) is 13.8. The first-order valence-corrected chi connectivity index (χ1v) is 8.73. The first-order valence-electron chi connectivity index (χ1n) is 6.95. The molecular formula is C15H22BrNOS. The van der Waals surface area contributed by atoms with E-state index in [0.29, 0.717) is 12.1 Å². The second kappa shape index (κ2) is 8.30. The van der Waals surface area contributed by atoms with E-state index in [0.717, 1.165) is 16.8 Å². The Morgan fingerprint density at radius 2 is 2.21 bits per heavy atom. The molecule has 2 atom stereocenters. The van der Waals surface area contributed by atoms with Crippen LogP contribution in [0.1, 0.15) is 25.7 Å². The molecule has 1 N–H and O–H groups in total. The monoisotopic (exact) mass is 343 g/mol. The molecule has 106 valence electrons. The van der Waals surface area contributed by atoms with Gasteiger partial charge in [-0.15, -0.1) is 11.8 Å². The van der Waals surface area contributed by atoms with Gasteiger partial charge in [0, 0.05) is 27.8 Å². The maximum absolute atomic E-state index is 5.68. The first kappa shape index (κ1) is 15.4. The molecular weight excluding hydrogens is 322 g/mol. The van der Waals surface area contributed by atoms with Crippen LogP contribution in [0, 0.1) is 0 Å². The molecule has 0 aromatic heterocycles. The van der Waals surface area contributed by atoms with E-state index >= 15 is 0 Å². The van der Waals surface area contributed by atoms with Gasteiger partial charge in [-0.1, -0.05) is 15.9 Å². The highest BCUT2D eigenvalue weighted by Crippen LogP contribution is 2.23. The molecule has 1 saturated heterocycles. The summed E-state index contributed by atoms with van der Waals surface area (Å²) in [5.74, 6) is 1.12. The predicted molar refractivity (Wildman–Crippen MR) is 85.9 cm³/mol. The molecule has 1 aliphatic heterocycles. The Bertz CT molecular complexity index is 365. The fourth-order valence-corrected chi connectivity index (χ4v) is 3.62. The van der Waals surface area contributed by atoms with Crippen LogP contribution in [-0.2, 0) is 4.74 Å². The van der Waals surface area contributed by atoms with Crippen molar-refractivity contribution in [2.45, 2.75) is 42.7 Å². The fourth-order valence-electron chi connectivity index (χ4n) is 2.30. The molecule has 0 spiro atoms. The van der Waals surface area contributed by atoms with Gasteiger partial charge in [-0.2, -0.15) is 0 Å². The van der Waals surface area contributed by atoms with Crippen molar-refractivity contribution in [2.75, 3.05) is 19.4 Å². The summed E-state index contributed by atoms with van der Waals surface area (Å²) in [6, 6.07) is 9.10. The van der Waals surface area contributed by atoms with Crippen molar-refractivity contribution in [2.24, 2.45) is 0 Å². The molecule has 0 saturated carbocycles. The lowest BCUT2D eigenvalue weighted by Gasteiger charge is -2.18. The lowest BCUT2D eigenvalue weighted by atomic mass is 10.1. The van der Waals surface area contributed by atoms with Gasteiger partial charge in [0.25, 0.3) is 0 Å². The van der Waals surface area contributed by atoms with E-state index in [1.54, 1.807) is 0 Å². The highest BCUT2D eigenvalue weighted by atomic mass is 79.9. The average Bonchev–Trinajstić information content (AvgIpc) is 2.94. The highest BCUT2D eigenvalue weighted by Gasteiger charge is 2.17. The van der Waals surface area contributed by atoms with Crippen molar-refractivity contribution in [1.29, 1.82) is 0 Å². The zero-order valence-electron chi connectivity index (χ0n) is 11.4. The van der Waals surface area contributed by atoms with Crippen LogP contribution in [0.3, 0.4) is 0 Å². The van der Waals surface area contributed by atoms with E-state index in [9.17, 15) is 0 Å². The standard InChI is InChI=1S/C15H22BrNOS/c1-17-13(6-7-14-3-2-10-18-14)11-19-15-8-4-12(16)5-9-15/h4-5,8-9,13-14,17H,2-3,6-7,10-11H2,1H3. The molecule has 1 heterocycles. The maximum atomic E-state index is 5.68. The largest absolute Gasteiger partial charge is 0.378 e. The number of nitrogens with one attached hydrogen (secondary N) is 1. The summed E-state index contributed by atoms with van der Waals surface area (Å²) in [5.41, 5.74) is 0. The van der Waals surface area contributed by atoms with Crippen LogP contribution in [0.4, 0.5) is 0 Å². The Balaban J connectivity index is 1.70. The minimum Gasteiger partial charge on any atom is -0.378 e. The van der Waals surface area contributed by atoms with Crippen LogP contribution in [0.5, 0.6) is 0 Å². The number of thioether (sulfide) groups is 1. The van der Waals surface area contributed by atoms with E-state index in [-0.39, 0.29) is 0 Å². The molecule has 1 aliphatic rings. The molecule has 2 rings (SSSR count). The molecule has 1 aromatic rings. The van der Waals surface area contributed by atoms with E-state index in [2.05, 4.69) is 52.6 Å². The smallest absolute Gasteiger partial charge is 0.0576 e. The van der Waals surface area contributed by atoms with E-state index < -0.39 is 0 Å². The molecule has 4 heteroatoms. The summed E-state index contributed by atoms with van der Waals surface area (Å²) in [4.78, 5) is 1.33. The molecule has 1 fully saturated rings. The minimum absolute atomic E-state index is 0.508. The third kappa shape index (κ3) is 5.46. The number of halogens is 1. The molecule has 2 nitrogen and oxygen atoms in total. The highest BCUT2D eigenvalue weighted by molar-refractivity contribution is 9.10. The second-order valence-corrected chi connectivity index (χ2v) is 6.97. The zero-order chi connectivity index (χ0) is 13.5. The molecule has 0 amide bonds. The van der Waals surface area contributed by atoms with Gasteiger partial charge in [-0.25, -0.2) is 0 Å². The van der Waals surface area contributed by atoms with Gasteiger partial charge in [-0.05, 0) is 57.0 Å². The number of hydrogen-bond acceptors (Lipinski definition) is 3. The Labute approximate surface area is 128 Å². The normalized spacial score (nSPS) is 20.6. The van der Waals surface area contributed by atoms with Crippen LogP contribution in [0.15, 0.2) is 33.6 Å². The third-order valence-corrected chi connectivity index (χ3v) is 5.24. The van der Waals surface area contributed by atoms with Crippen molar-refractivity contribution in [3.8, 4) is 0 Å². The van der Waals surface area contributed by atoms with Gasteiger partial charge in [-0.3, -0.25) is 0 Å². The summed E-state index contributed by atoms with van der Waals surface area (Å²) in [7, 11) is 2.06. The topological polar surface area (TPSA) is 21.3 Å². The number of benzene rings is 1. The summed E-state index contributed by atoms with van der Waals surface area (Å²) >= 11 is 5.39. The van der Waals surface area contributed by atoms with E-state index in [4.69, 9.17) is 4.74 Å². The van der Waals surface area contributed by atoms with Gasteiger partial charge in [0.1, 0.15) is 0 Å². The number of ether oxygens (including phenoxy) is 1. The van der Waals surface area contributed by atoms with Gasteiger partial charge in [0.2, 0.25) is 0 Å². The Morgan fingerprint density at radius 1 is 1.42 bits per heavy atom. The van der Waals surface area contributed by atoms with Crippen molar-refractivity contribution in [3.05, 3.63) is 28.7 Å². The summed E-state index contributed by atoms with van der Waals surface area (Å²) in [6.07, 6.45) is 5.38. The summed E-state index contributed by atoms with van der Waals surface area (Å²) in [6.45, 7) is 0.961. The second-order valence-electron chi connectivity index (χ2n) is 4.96. The van der Waals surface area contributed by atoms with Gasteiger partial charge in [0.05, 0.1) is 6.10 Å². The van der Waals surface area contributed by atoms with Gasteiger partial charge < -0.3 is 10.1 Å².